The summed E-state index contributed by atoms with van der Waals surface area (Å²) in [6.45, 7) is 8.91. The molecule has 1 aromatic rings. The van der Waals surface area contributed by atoms with Crippen molar-refractivity contribution in [3.05, 3.63) is 29.8 Å². The van der Waals surface area contributed by atoms with Gasteiger partial charge in [0.05, 0.1) is 4.90 Å². The molecule has 1 aliphatic heterocycles. The monoisotopic (exact) mass is 375 g/mol. The van der Waals surface area contributed by atoms with Crippen LogP contribution >= 0.6 is 12.4 Å². The average molecular weight is 376 g/mol. The predicted octanol–water partition coefficient (Wildman–Crippen LogP) is 1.62. The molecule has 0 aromatic heterocycles. The molecule has 1 amide bonds. The lowest BCUT2D eigenvalue weighted by Crippen LogP contribution is -2.57. The van der Waals surface area contributed by atoms with Crippen molar-refractivity contribution in [1.29, 1.82) is 0 Å². The molecule has 1 heterocycles. The largest absolute Gasteiger partial charge is 0.333 e. The highest BCUT2D eigenvalue weighted by Crippen LogP contribution is 2.17. The maximum atomic E-state index is 12.7. The first-order valence-electron chi connectivity index (χ1n) is 7.89. The van der Waals surface area contributed by atoms with Crippen molar-refractivity contribution in [1.82, 2.24) is 14.9 Å². The van der Waals surface area contributed by atoms with Gasteiger partial charge in [-0.1, -0.05) is 6.07 Å². The number of hydrogen-bond donors (Lipinski definition) is 2. The molecule has 1 aromatic carbocycles. The van der Waals surface area contributed by atoms with E-state index in [1.54, 1.807) is 30.9 Å². The Kier molecular flexibility index (Phi) is 7.22. The fourth-order valence-electron chi connectivity index (χ4n) is 2.68. The van der Waals surface area contributed by atoms with Gasteiger partial charge >= 0.3 is 0 Å². The minimum Gasteiger partial charge on any atom is -0.333 e. The van der Waals surface area contributed by atoms with Crippen LogP contribution in [0.5, 0.6) is 0 Å². The highest BCUT2D eigenvalue weighted by atomic mass is 35.5. The van der Waals surface area contributed by atoms with Crippen LogP contribution in [0.25, 0.3) is 0 Å². The molecule has 2 atom stereocenters. The molecule has 0 radical (unpaired) electrons. The summed E-state index contributed by atoms with van der Waals surface area (Å²) < 4.78 is 27.1. The van der Waals surface area contributed by atoms with Gasteiger partial charge in [-0.05, 0) is 45.9 Å². The van der Waals surface area contributed by atoms with Gasteiger partial charge in [0.1, 0.15) is 0 Å². The van der Waals surface area contributed by atoms with Crippen LogP contribution in [0.4, 0.5) is 0 Å². The van der Waals surface area contributed by atoms with E-state index in [0.29, 0.717) is 12.1 Å². The molecule has 136 valence electrons. The van der Waals surface area contributed by atoms with Gasteiger partial charge in [0, 0.05) is 36.8 Å². The van der Waals surface area contributed by atoms with E-state index >= 15 is 0 Å². The summed E-state index contributed by atoms with van der Waals surface area (Å²) >= 11 is 0. The first-order valence-corrected chi connectivity index (χ1v) is 9.37. The Morgan fingerprint density at radius 3 is 2.62 bits per heavy atom. The third-order valence-electron chi connectivity index (χ3n) is 4.08. The molecule has 24 heavy (non-hydrogen) atoms. The molecule has 2 unspecified atom stereocenters. The summed E-state index contributed by atoms with van der Waals surface area (Å²) in [6.07, 6.45) is 0. The first kappa shape index (κ1) is 20.9. The maximum absolute atomic E-state index is 12.7. The zero-order valence-electron chi connectivity index (χ0n) is 14.4. The number of piperazine rings is 1. The second-order valence-corrected chi connectivity index (χ2v) is 8.00. The summed E-state index contributed by atoms with van der Waals surface area (Å²) in [5.74, 6) is -0.132. The molecule has 1 fully saturated rings. The van der Waals surface area contributed by atoms with Crippen LogP contribution < -0.4 is 10.0 Å². The van der Waals surface area contributed by atoms with Gasteiger partial charge in [-0.15, -0.1) is 12.4 Å². The number of nitrogens with one attached hydrogen (secondary N) is 2. The number of rotatable bonds is 4. The van der Waals surface area contributed by atoms with Crippen molar-refractivity contribution in [3.8, 4) is 0 Å². The lowest BCUT2D eigenvalue weighted by Gasteiger charge is -2.38. The molecule has 0 saturated carbocycles. The Hall–Kier alpha value is -1.15. The van der Waals surface area contributed by atoms with Gasteiger partial charge in [-0.3, -0.25) is 4.79 Å². The smallest absolute Gasteiger partial charge is 0.254 e. The van der Waals surface area contributed by atoms with E-state index in [9.17, 15) is 13.2 Å². The zero-order chi connectivity index (χ0) is 17.2. The number of benzene rings is 1. The Labute approximate surface area is 150 Å². The molecular weight excluding hydrogens is 350 g/mol. The molecule has 2 rings (SSSR count). The van der Waals surface area contributed by atoms with Crippen LogP contribution in [0.2, 0.25) is 0 Å². The number of carbonyl (C=O) groups is 1. The first-order chi connectivity index (χ1) is 10.7. The maximum Gasteiger partial charge on any atom is 0.254 e. The standard InChI is InChI=1S/C16H25N3O3S.ClH/c1-11(2)18-23(21,22)15-7-5-6-14(10-15)16(20)19-9-8-17-12(3)13(19)4;/h5-7,10-13,17-18H,8-9H2,1-4H3;1H. The van der Waals surface area contributed by atoms with Crippen LogP contribution in [-0.2, 0) is 10.0 Å². The summed E-state index contributed by atoms with van der Waals surface area (Å²) in [5.41, 5.74) is 0.401. The quantitative estimate of drug-likeness (QED) is 0.838. The third kappa shape index (κ3) is 4.69. The minimum atomic E-state index is -3.60. The van der Waals surface area contributed by atoms with Crippen LogP contribution in [0, 0.1) is 0 Å². The van der Waals surface area contributed by atoms with Gasteiger partial charge in [-0.25, -0.2) is 13.1 Å². The Morgan fingerprint density at radius 2 is 2.00 bits per heavy atom. The molecule has 0 spiro atoms. The topological polar surface area (TPSA) is 78.5 Å². The van der Waals surface area contributed by atoms with E-state index in [-0.39, 0.29) is 41.3 Å². The molecule has 2 N–H and O–H groups in total. The van der Waals surface area contributed by atoms with Gasteiger partial charge < -0.3 is 10.2 Å². The Morgan fingerprint density at radius 1 is 1.33 bits per heavy atom. The van der Waals surface area contributed by atoms with Crippen molar-refractivity contribution >= 4 is 28.3 Å². The Balaban J connectivity index is 0.00000288. The number of nitrogens with zero attached hydrogens (tertiary/aromatic N) is 1. The normalized spacial score (nSPS) is 21.5. The molecule has 6 nitrogen and oxygen atoms in total. The second kappa shape index (κ2) is 8.29. The van der Waals surface area contributed by atoms with Crippen molar-refractivity contribution in [2.75, 3.05) is 13.1 Å². The lowest BCUT2D eigenvalue weighted by atomic mass is 10.1. The van der Waals surface area contributed by atoms with Crippen LogP contribution in [-0.4, -0.2) is 50.4 Å². The Bertz CT molecular complexity index is 679. The zero-order valence-corrected chi connectivity index (χ0v) is 16.1. The number of sulfonamides is 1. The molecule has 0 bridgehead atoms. The van der Waals surface area contributed by atoms with Gasteiger partial charge in [0.15, 0.2) is 0 Å². The van der Waals surface area contributed by atoms with E-state index in [1.807, 2.05) is 13.8 Å². The summed E-state index contributed by atoms with van der Waals surface area (Å²) in [5, 5.41) is 3.33. The summed E-state index contributed by atoms with van der Waals surface area (Å²) in [6, 6.07) is 6.30. The molecule has 0 aliphatic carbocycles. The SMILES string of the molecule is CC(C)NS(=O)(=O)c1cccc(C(=O)N2CCNC(C)C2C)c1.Cl. The van der Waals surface area contributed by atoms with Crippen molar-refractivity contribution in [2.24, 2.45) is 0 Å². The van der Waals surface area contributed by atoms with Gasteiger partial charge in [0.2, 0.25) is 10.0 Å². The van der Waals surface area contributed by atoms with Crippen molar-refractivity contribution < 1.29 is 13.2 Å². The van der Waals surface area contributed by atoms with Crippen LogP contribution in [0.3, 0.4) is 0 Å². The number of hydrogen-bond acceptors (Lipinski definition) is 4. The fourth-order valence-corrected chi connectivity index (χ4v) is 3.98. The van der Waals surface area contributed by atoms with Gasteiger partial charge in [-0.2, -0.15) is 0 Å². The predicted molar refractivity (Wildman–Crippen MR) is 97.1 cm³/mol. The minimum absolute atomic E-state index is 0. The number of carbonyl (C=O) groups excluding carboxylic acids is 1. The second-order valence-electron chi connectivity index (χ2n) is 6.29. The molecular formula is C16H26ClN3O3S. The fraction of sp³-hybridized carbons (Fsp3) is 0.562. The number of halogens is 1. The third-order valence-corrected chi connectivity index (χ3v) is 5.73. The van der Waals surface area contributed by atoms with E-state index in [0.717, 1.165) is 6.54 Å². The summed E-state index contributed by atoms with van der Waals surface area (Å²) in [7, 11) is -3.60. The van der Waals surface area contributed by atoms with E-state index < -0.39 is 10.0 Å². The average Bonchev–Trinajstić information content (AvgIpc) is 2.48. The van der Waals surface area contributed by atoms with E-state index in [4.69, 9.17) is 0 Å². The van der Waals surface area contributed by atoms with Crippen molar-refractivity contribution in [2.45, 2.75) is 50.7 Å². The summed E-state index contributed by atoms with van der Waals surface area (Å²) in [4.78, 5) is 14.7. The highest BCUT2D eigenvalue weighted by Gasteiger charge is 2.29. The number of amides is 1. The van der Waals surface area contributed by atoms with Gasteiger partial charge in [0.25, 0.3) is 5.91 Å². The van der Waals surface area contributed by atoms with E-state index in [1.165, 1.54) is 12.1 Å². The molecule has 8 heteroatoms. The van der Waals surface area contributed by atoms with Crippen LogP contribution in [0.15, 0.2) is 29.2 Å². The molecule has 1 saturated heterocycles. The van der Waals surface area contributed by atoms with E-state index in [2.05, 4.69) is 10.0 Å². The molecule has 1 aliphatic rings. The highest BCUT2D eigenvalue weighted by molar-refractivity contribution is 7.89. The van der Waals surface area contributed by atoms with Crippen LogP contribution in [0.1, 0.15) is 38.1 Å². The van der Waals surface area contributed by atoms with Crippen molar-refractivity contribution in [3.63, 3.8) is 0 Å². The lowest BCUT2D eigenvalue weighted by molar-refractivity contribution is 0.0602.